The zero-order valence-electron chi connectivity index (χ0n) is 20.2. The first-order valence-corrected chi connectivity index (χ1v) is 12.0. The van der Waals surface area contributed by atoms with E-state index in [0.29, 0.717) is 11.1 Å². The van der Waals surface area contributed by atoms with E-state index in [1.54, 1.807) is 19.3 Å². The summed E-state index contributed by atoms with van der Waals surface area (Å²) >= 11 is 3.50. The maximum Gasteiger partial charge on any atom is 0.305 e. The van der Waals surface area contributed by atoms with Gasteiger partial charge in [-0.2, -0.15) is 0 Å². The van der Waals surface area contributed by atoms with Crippen LogP contribution in [0.15, 0.2) is 28.7 Å². The average Bonchev–Trinajstić information content (AvgIpc) is 2.71. The molecule has 0 radical (unpaired) electrons. The van der Waals surface area contributed by atoms with Crippen molar-refractivity contribution in [3.63, 3.8) is 0 Å². The molecule has 8 heteroatoms. The molecule has 34 heavy (non-hydrogen) atoms. The number of nitrogens with zero attached hydrogens (tertiary/aromatic N) is 1. The predicted octanol–water partition coefficient (Wildman–Crippen LogP) is 5.64. The van der Waals surface area contributed by atoms with Crippen molar-refractivity contribution in [2.75, 3.05) is 7.11 Å². The van der Waals surface area contributed by atoms with Crippen LogP contribution in [-0.4, -0.2) is 45.6 Å². The highest BCUT2D eigenvalue weighted by Crippen LogP contribution is 2.40. The molecule has 0 fully saturated rings. The monoisotopic (exact) mass is 537 g/mol. The second-order valence-corrected chi connectivity index (χ2v) is 9.78. The number of ether oxygens (including phenoxy) is 1. The number of aliphatic carboxylic acids is 1. The van der Waals surface area contributed by atoms with Gasteiger partial charge in [-0.1, -0.05) is 61.8 Å². The molecule has 1 aromatic carbocycles. The van der Waals surface area contributed by atoms with E-state index in [-0.39, 0.29) is 24.1 Å². The van der Waals surface area contributed by atoms with Crippen LogP contribution in [0.2, 0.25) is 0 Å². The molecule has 0 bridgehead atoms. The molecule has 0 saturated heterocycles. The first kappa shape index (κ1) is 28.1. The van der Waals surface area contributed by atoms with E-state index in [4.69, 9.17) is 14.8 Å². The van der Waals surface area contributed by atoms with E-state index in [1.165, 1.54) is 18.2 Å². The number of methoxy groups -OCH3 is 1. The number of pyridine rings is 1. The maximum absolute atomic E-state index is 13.9. The molecular formula is C26H33BrFNO5. The van der Waals surface area contributed by atoms with Crippen molar-refractivity contribution in [1.82, 2.24) is 4.98 Å². The second kappa shape index (κ2) is 12.5. The Bertz CT molecular complexity index is 1040. The number of rotatable bonds is 11. The van der Waals surface area contributed by atoms with E-state index in [2.05, 4.69) is 29.8 Å². The van der Waals surface area contributed by atoms with Crippen molar-refractivity contribution in [2.45, 2.75) is 71.2 Å². The fourth-order valence-corrected chi connectivity index (χ4v) is 4.45. The van der Waals surface area contributed by atoms with Gasteiger partial charge in [0.2, 0.25) is 0 Å². The maximum atomic E-state index is 13.9. The second-order valence-electron chi connectivity index (χ2n) is 8.93. The summed E-state index contributed by atoms with van der Waals surface area (Å²) in [4.78, 5) is 15.8. The molecule has 1 aromatic heterocycles. The fourth-order valence-electron chi connectivity index (χ4n) is 3.90. The fraction of sp³-hybridized carbons (Fsp3) is 0.462. The topological polar surface area (TPSA) is 99.9 Å². The van der Waals surface area contributed by atoms with Crippen LogP contribution >= 0.6 is 15.9 Å². The lowest BCUT2D eigenvalue weighted by Gasteiger charge is -2.24. The lowest BCUT2D eigenvalue weighted by molar-refractivity contribution is -0.139. The Hall–Kier alpha value is -2.13. The summed E-state index contributed by atoms with van der Waals surface area (Å²) in [5.41, 5.74) is 4.90. The number of aromatic nitrogens is 1. The van der Waals surface area contributed by atoms with Gasteiger partial charge in [0.15, 0.2) is 0 Å². The molecule has 0 aliphatic carbocycles. The Morgan fingerprint density at radius 3 is 2.35 bits per heavy atom. The number of benzene rings is 1. The van der Waals surface area contributed by atoms with Crippen LogP contribution in [0.4, 0.5) is 4.39 Å². The number of halogens is 2. The lowest BCUT2D eigenvalue weighted by Crippen LogP contribution is -2.19. The van der Waals surface area contributed by atoms with Crippen molar-refractivity contribution >= 4 is 28.0 Å². The summed E-state index contributed by atoms with van der Waals surface area (Å²) < 4.78 is 20.0. The van der Waals surface area contributed by atoms with Crippen molar-refractivity contribution < 1.29 is 29.2 Å². The number of carboxylic acids is 1. The van der Waals surface area contributed by atoms with E-state index in [9.17, 15) is 19.4 Å². The Morgan fingerprint density at radius 2 is 1.82 bits per heavy atom. The summed E-state index contributed by atoms with van der Waals surface area (Å²) in [7, 11) is 1.60. The van der Waals surface area contributed by atoms with Crippen LogP contribution in [0.1, 0.15) is 74.9 Å². The van der Waals surface area contributed by atoms with Gasteiger partial charge in [0.25, 0.3) is 0 Å². The van der Waals surface area contributed by atoms with Gasteiger partial charge in [0, 0.05) is 34.8 Å². The number of hydrogen-bond donors (Lipinski definition) is 3. The summed E-state index contributed by atoms with van der Waals surface area (Å²) in [6, 6.07) is 4.50. The smallest absolute Gasteiger partial charge is 0.305 e. The molecule has 1 heterocycles. The molecular weight excluding hydrogens is 505 g/mol. The molecule has 0 unspecified atom stereocenters. The third kappa shape index (κ3) is 7.18. The quantitative estimate of drug-likeness (QED) is 0.342. The van der Waals surface area contributed by atoms with E-state index in [1.807, 2.05) is 13.8 Å². The molecule has 6 nitrogen and oxygen atoms in total. The molecule has 0 aliphatic rings. The molecule has 0 amide bonds. The van der Waals surface area contributed by atoms with Crippen molar-refractivity contribution in [2.24, 2.45) is 0 Å². The highest BCUT2D eigenvalue weighted by Gasteiger charge is 2.24. The summed E-state index contributed by atoms with van der Waals surface area (Å²) in [5.74, 6) is -1.35. The Labute approximate surface area is 208 Å². The summed E-state index contributed by atoms with van der Waals surface area (Å²) in [5, 5.41) is 29.2. The standard InChI is InChI=1S/C26H33BrFNO5/c1-14(2)25-20(9-7-17(30)11-18(31)12-23(32)33)24(19-8-6-16(28)10-22(19)27)21(13-34-5)26(29-25)15(3)4/h6-10,14-15,17-18,30-31H,11-13H2,1-5H3,(H,32,33)/b9-7+/t17-,18-/m1/s1. The minimum absolute atomic E-state index is 0.0430. The number of aliphatic hydroxyl groups excluding tert-OH is 2. The number of hydrogen-bond acceptors (Lipinski definition) is 5. The van der Waals surface area contributed by atoms with Gasteiger partial charge in [-0.15, -0.1) is 0 Å². The van der Waals surface area contributed by atoms with E-state index < -0.39 is 24.6 Å². The predicted molar refractivity (Wildman–Crippen MR) is 134 cm³/mol. The summed E-state index contributed by atoms with van der Waals surface area (Å²) in [6.45, 7) is 8.45. The molecule has 2 aromatic rings. The van der Waals surface area contributed by atoms with Crippen LogP contribution in [0.5, 0.6) is 0 Å². The van der Waals surface area contributed by atoms with Crippen LogP contribution in [0.25, 0.3) is 17.2 Å². The van der Waals surface area contributed by atoms with Crippen molar-refractivity contribution in [3.05, 3.63) is 57.1 Å². The van der Waals surface area contributed by atoms with Crippen LogP contribution < -0.4 is 0 Å². The molecule has 2 rings (SSSR count). The largest absolute Gasteiger partial charge is 0.481 e. The zero-order valence-corrected chi connectivity index (χ0v) is 21.8. The molecule has 0 saturated carbocycles. The molecule has 0 aliphatic heterocycles. The van der Waals surface area contributed by atoms with Gasteiger partial charge in [0.05, 0.1) is 30.9 Å². The molecule has 0 spiro atoms. The third-order valence-electron chi connectivity index (χ3n) is 5.39. The molecule has 3 N–H and O–H groups in total. The van der Waals surface area contributed by atoms with Crippen molar-refractivity contribution in [1.29, 1.82) is 0 Å². The van der Waals surface area contributed by atoms with Gasteiger partial charge in [-0.05, 0) is 35.1 Å². The molecule has 2 atom stereocenters. The first-order chi connectivity index (χ1) is 16.0. The molecule has 186 valence electrons. The Balaban J connectivity index is 2.76. The van der Waals surface area contributed by atoms with Gasteiger partial charge < -0.3 is 20.1 Å². The van der Waals surface area contributed by atoms with E-state index >= 15 is 0 Å². The first-order valence-electron chi connectivity index (χ1n) is 11.2. The number of carbonyl (C=O) groups is 1. The van der Waals surface area contributed by atoms with E-state index in [0.717, 1.165) is 33.6 Å². The highest BCUT2D eigenvalue weighted by molar-refractivity contribution is 9.10. The zero-order chi connectivity index (χ0) is 25.6. The Kier molecular flexibility index (Phi) is 10.4. The van der Waals surface area contributed by atoms with Crippen LogP contribution in [-0.2, 0) is 16.1 Å². The lowest BCUT2D eigenvalue weighted by atomic mass is 9.87. The van der Waals surface area contributed by atoms with Gasteiger partial charge in [-0.25, -0.2) is 4.39 Å². The van der Waals surface area contributed by atoms with Gasteiger partial charge in [0.1, 0.15) is 5.82 Å². The SMILES string of the molecule is COCc1c(C(C)C)nc(C(C)C)c(/C=C/[C@@H](O)C[C@@H](O)CC(=O)O)c1-c1ccc(F)cc1Br. The van der Waals surface area contributed by atoms with Crippen LogP contribution in [0, 0.1) is 5.82 Å². The van der Waals surface area contributed by atoms with Crippen molar-refractivity contribution in [3.8, 4) is 11.1 Å². The minimum Gasteiger partial charge on any atom is -0.481 e. The van der Waals surface area contributed by atoms with Gasteiger partial charge in [-0.3, -0.25) is 9.78 Å². The van der Waals surface area contributed by atoms with Crippen LogP contribution in [0.3, 0.4) is 0 Å². The highest BCUT2D eigenvalue weighted by atomic mass is 79.9. The minimum atomic E-state index is -1.17. The number of carboxylic acid groups (broad SMARTS) is 1. The average molecular weight is 538 g/mol. The Morgan fingerprint density at radius 1 is 1.18 bits per heavy atom. The third-order valence-corrected chi connectivity index (χ3v) is 6.04. The summed E-state index contributed by atoms with van der Waals surface area (Å²) in [6.07, 6.45) is 0.485. The number of aliphatic hydroxyl groups is 2. The normalized spacial score (nSPS) is 13.7. The van der Waals surface area contributed by atoms with Gasteiger partial charge >= 0.3 is 5.97 Å².